The third-order valence-corrected chi connectivity index (χ3v) is 3.97. The lowest BCUT2D eigenvalue weighted by Gasteiger charge is -2.30. The van der Waals surface area contributed by atoms with Crippen molar-refractivity contribution in [3.8, 4) is 0 Å². The van der Waals surface area contributed by atoms with E-state index in [2.05, 4.69) is 17.6 Å². The summed E-state index contributed by atoms with van der Waals surface area (Å²) in [5, 5.41) is 6.16. The highest BCUT2D eigenvalue weighted by molar-refractivity contribution is 5.83. The van der Waals surface area contributed by atoms with E-state index >= 15 is 0 Å². The van der Waals surface area contributed by atoms with Crippen molar-refractivity contribution in [3.63, 3.8) is 0 Å². The van der Waals surface area contributed by atoms with Gasteiger partial charge in [0.15, 0.2) is 0 Å². The number of hydrogen-bond donors (Lipinski definition) is 2. The molecule has 1 fully saturated rings. The van der Waals surface area contributed by atoms with Gasteiger partial charge in [-0.1, -0.05) is 19.8 Å². The fraction of sp³-hybridized carbons (Fsp3) is 0.867. The molecule has 0 aliphatic carbocycles. The zero-order valence-electron chi connectivity index (χ0n) is 13.7. The van der Waals surface area contributed by atoms with Crippen LogP contribution in [0.2, 0.25) is 0 Å². The van der Waals surface area contributed by atoms with Crippen LogP contribution < -0.4 is 10.6 Å². The van der Waals surface area contributed by atoms with Crippen LogP contribution in [0.15, 0.2) is 0 Å². The molecular formula is C15H30N4O2. The number of piperazine rings is 1. The van der Waals surface area contributed by atoms with Crippen LogP contribution in [0, 0.1) is 0 Å². The van der Waals surface area contributed by atoms with E-state index in [1.54, 1.807) is 0 Å². The summed E-state index contributed by atoms with van der Waals surface area (Å²) in [6.07, 6.45) is 3.29. The average Bonchev–Trinajstić information content (AvgIpc) is 2.51. The summed E-state index contributed by atoms with van der Waals surface area (Å²) in [5.41, 5.74) is 0. The first kappa shape index (κ1) is 17.9. The molecule has 0 aromatic heterocycles. The molecule has 6 nitrogen and oxygen atoms in total. The molecule has 6 heteroatoms. The second-order valence-corrected chi connectivity index (χ2v) is 5.72. The molecule has 1 rings (SSSR count). The third-order valence-electron chi connectivity index (χ3n) is 3.97. The molecule has 1 aliphatic rings. The highest BCUT2D eigenvalue weighted by Crippen LogP contribution is 2.00. The Kier molecular flexibility index (Phi) is 8.30. The Morgan fingerprint density at radius 1 is 1.29 bits per heavy atom. The molecule has 1 saturated heterocycles. The number of unbranched alkanes of at least 4 members (excludes halogenated alkanes) is 2. The number of nitrogens with one attached hydrogen (secondary N) is 2. The maximum absolute atomic E-state index is 12.2. The molecular weight excluding hydrogens is 268 g/mol. The topological polar surface area (TPSA) is 64.7 Å². The van der Waals surface area contributed by atoms with Gasteiger partial charge in [-0.05, 0) is 20.4 Å². The number of hydrogen-bond acceptors (Lipinski definition) is 4. The Hall–Kier alpha value is -1.14. The minimum absolute atomic E-state index is 0.00159. The summed E-state index contributed by atoms with van der Waals surface area (Å²) < 4.78 is 0. The van der Waals surface area contributed by atoms with Crippen molar-refractivity contribution < 1.29 is 9.59 Å². The van der Waals surface area contributed by atoms with Gasteiger partial charge in [0.2, 0.25) is 11.8 Å². The van der Waals surface area contributed by atoms with Crippen molar-refractivity contribution in [2.24, 2.45) is 0 Å². The normalized spacial score (nSPS) is 16.9. The molecule has 2 amide bonds. The van der Waals surface area contributed by atoms with Crippen molar-refractivity contribution in [1.82, 2.24) is 20.4 Å². The monoisotopic (exact) mass is 298 g/mol. The van der Waals surface area contributed by atoms with Crippen molar-refractivity contribution in [1.29, 1.82) is 0 Å². The van der Waals surface area contributed by atoms with Gasteiger partial charge in [-0.3, -0.25) is 14.5 Å². The van der Waals surface area contributed by atoms with Gasteiger partial charge in [0.05, 0.1) is 12.6 Å². The van der Waals surface area contributed by atoms with Crippen molar-refractivity contribution in [2.45, 2.75) is 39.2 Å². The number of likely N-dealkylation sites (N-methyl/N-ethyl adjacent to an activating group) is 1. The van der Waals surface area contributed by atoms with E-state index in [1.165, 1.54) is 0 Å². The van der Waals surface area contributed by atoms with Crippen molar-refractivity contribution >= 4 is 11.8 Å². The molecule has 0 bridgehead atoms. The summed E-state index contributed by atoms with van der Waals surface area (Å²) in [4.78, 5) is 27.9. The van der Waals surface area contributed by atoms with Gasteiger partial charge in [-0.15, -0.1) is 0 Å². The second-order valence-electron chi connectivity index (χ2n) is 5.72. The van der Waals surface area contributed by atoms with Crippen molar-refractivity contribution in [2.75, 3.05) is 46.3 Å². The van der Waals surface area contributed by atoms with Crippen LogP contribution in [0.25, 0.3) is 0 Å². The van der Waals surface area contributed by atoms with Gasteiger partial charge >= 0.3 is 0 Å². The lowest BCUT2D eigenvalue weighted by Crippen LogP contribution is -2.52. The van der Waals surface area contributed by atoms with E-state index in [1.807, 2.05) is 23.8 Å². The highest BCUT2D eigenvalue weighted by Gasteiger charge is 2.23. The van der Waals surface area contributed by atoms with E-state index in [0.717, 1.165) is 52.0 Å². The predicted molar refractivity (Wildman–Crippen MR) is 84.1 cm³/mol. The Morgan fingerprint density at radius 3 is 2.57 bits per heavy atom. The number of carbonyl (C=O) groups is 2. The fourth-order valence-corrected chi connectivity index (χ4v) is 2.30. The van der Waals surface area contributed by atoms with Crippen LogP contribution >= 0.6 is 0 Å². The lowest BCUT2D eigenvalue weighted by molar-refractivity contribution is -0.134. The standard InChI is InChI=1S/C15H30N4O2/c1-4-5-6-7-17-15(21)13(2)18(3)12-14(20)19-10-8-16-9-11-19/h13,16H,4-12H2,1-3H3,(H,17,21). The first-order valence-electron chi connectivity index (χ1n) is 8.02. The number of nitrogens with zero attached hydrogens (tertiary/aromatic N) is 2. The quantitative estimate of drug-likeness (QED) is 0.621. The zero-order chi connectivity index (χ0) is 15.7. The van der Waals surface area contributed by atoms with Gasteiger partial charge in [0, 0.05) is 32.7 Å². The first-order chi connectivity index (χ1) is 10.1. The van der Waals surface area contributed by atoms with Gasteiger partial charge in [-0.2, -0.15) is 0 Å². The minimum atomic E-state index is -0.279. The van der Waals surface area contributed by atoms with E-state index in [-0.39, 0.29) is 17.9 Å². The Labute approximate surface area is 128 Å². The van der Waals surface area contributed by atoms with Crippen LogP contribution in [-0.2, 0) is 9.59 Å². The fourth-order valence-electron chi connectivity index (χ4n) is 2.30. The first-order valence-corrected chi connectivity index (χ1v) is 8.02. The van der Waals surface area contributed by atoms with E-state index in [0.29, 0.717) is 6.54 Å². The van der Waals surface area contributed by atoms with E-state index < -0.39 is 0 Å². The van der Waals surface area contributed by atoms with Crippen LogP contribution in [0.5, 0.6) is 0 Å². The Morgan fingerprint density at radius 2 is 1.95 bits per heavy atom. The molecule has 0 spiro atoms. The maximum Gasteiger partial charge on any atom is 0.237 e. The predicted octanol–water partition coefficient (Wildman–Crippen LogP) is 0.0449. The molecule has 1 unspecified atom stereocenters. The zero-order valence-corrected chi connectivity index (χ0v) is 13.7. The Balaban J connectivity index is 2.30. The van der Waals surface area contributed by atoms with Crippen LogP contribution in [0.3, 0.4) is 0 Å². The smallest absolute Gasteiger partial charge is 0.237 e. The van der Waals surface area contributed by atoms with Crippen molar-refractivity contribution in [3.05, 3.63) is 0 Å². The second kappa shape index (κ2) is 9.73. The molecule has 122 valence electrons. The molecule has 0 saturated carbocycles. The molecule has 0 aromatic carbocycles. The molecule has 2 N–H and O–H groups in total. The molecule has 1 atom stereocenters. The Bertz CT molecular complexity index is 330. The largest absolute Gasteiger partial charge is 0.355 e. The summed E-state index contributed by atoms with van der Waals surface area (Å²) in [5.74, 6) is 0.103. The van der Waals surface area contributed by atoms with E-state index in [9.17, 15) is 9.59 Å². The minimum Gasteiger partial charge on any atom is -0.355 e. The number of amides is 2. The van der Waals surface area contributed by atoms with Gasteiger partial charge in [-0.25, -0.2) is 0 Å². The summed E-state index contributed by atoms with van der Waals surface area (Å²) in [6, 6.07) is -0.279. The van der Waals surface area contributed by atoms with Gasteiger partial charge in [0.25, 0.3) is 0 Å². The lowest BCUT2D eigenvalue weighted by atomic mass is 10.2. The SMILES string of the molecule is CCCCCNC(=O)C(C)N(C)CC(=O)N1CCNCC1. The maximum atomic E-state index is 12.2. The van der Waals surface area contributed by atoms with Gasteiger partial charge < -0.3 is 15.5 Å². The molecule has 1 heterocycles. The molecule has 0 aromatic rings. The summed E-state index contributed by atoms with van der Waals surface area (Å²) >= 11 is 0. The van der Waals surface area contributed by atoms with Crippen LogP contribution in [0.4, 0.5) is 0 Å². The molecule has 0 radical (unpaired) electrons. The number of carbonyl (C=O) groups excluding carboxylic acids is 2. The average molecular weight is 298 g/mol. The third kappa shape index (κ3) is 6.44. The molecule has 21 heavy (non-hydrogen) atoms. The number of rotatable bonds is 8. The van der Waals surface area contributed by atoms with E-state index in [4.69, 9.17) is 0 Å². The van der Waals surface area contributed by atoms with Crippen LogP contribution in [0.1, 0.15) is 33.1 Å². The van der Waals surface area contributed by atoms with Crippen LogP contribution in [-0.4, -0.2) is 74.0 Å². The summed E-state index contributed by atoms with van der Waals surface area (Å²) in [7, 11) is 1.83. The highest BCUT2D eigenvalue weighted by atomic mass is 16.2. The van der Waals surface area contributed by atoms with Gasteiger partial charge in [0.1, 0.15) is 0 Å². The molecule has 1 aliphatic heterocycles. The summed E-state index contributed by atoms with van der Waals surface area (Å²) in [6.45, 7) is 8.21.